The highest BCUT2D eigenvalue weighted by Gasteiger charge is 2.49. The Morgan fingerprint density at radius 1 is 1.08 bits per heavy atom. The average Bonchev–Trinajstić information content (AvgIpc) is 3.13. The first-order valence-electron chi connectivity index (χ1n) is 12.3. The molecule has 0 bridgehead atoms. The standard InChI is InChI=1S/C30H29ClN4O2/c1-20(2)17-30(24-6-4-3-5-7-24)28(37)35(29(33)34-30)19-23-12-14-26(31)25(16-23)27(36)15-13-21-8-10-22(18-32)11-9-21/h3-12,14,16,20H,13,15,17,19H2,1-2H3,(H2,33,34). The van der Waals surface area contributed by atoms with Crippen molar-refractivity contribution >= 4 is 29.3 Å². The Morgan fingerprint density at radius 2 is 1.76 bits per heavy atom. The fraction of sp³-hybridized carbons (Fsp3) is 0.267. The van der Waals surface area contributed by atoms with Gasteiger partial charge in [0, 0.05) is 12.0 Å². The van der Waals surface area contributed by atoms with Gasteiger partial charge >= 0.3 is 0 Å². The lowest BCUT2D eigenvalue weighted by Gasteiger charge is -2.28. The molecule has 0 aromatic heterocycles. The molecule has 7 heteroatoms. The van der Waals surface area contributed by atoms with E-state index in [1.165, 1.54) is 4.90 Å². The summed E-state index contributed by atoms with van der Waals surface area (Å²) in [6.45, 7) is 4.30. The SMILES string of the molecule is CC(C)CC1(c2ccccc2)N=C(N)N(Cc2ccc(Cl)c(C(=O)CCc3ccc(C#N)cc3)c2)C1=O. The first kappa shape index (κ1) is 26.1. The third kappa shape index (κ3) is 5.58. The Labute approximate surface area is 222 Å². The maximum absolute atomic E-state index is 13.8. The molecule has 0 fully saturated rings. The van der Waals surface area contributed by atoms with Gasteiger partial charge in [-0.15, -0.1) is 0 Å². The molecule has 3 aromatic carbocycles. The molecule has 2 N–H and O–H groups in total. The molecule has 6 nitrogen and oxygen atoms in total. The summed E-state index contributed by atoms with van der Waals surface area (Å²) in [5.41, 5.74) is 8.75. The summed E-state index contributed by atoms with van der Waals surface area (Å²) in [5.74, 6) is 0.118. The van der Waals surface area contributed by atoms with Crippen LogP contribution in [0.5, 0.6) is 0 Å². The van der Waals surface area contributed by atoms with Gasteiger partial charge in [0.1, 0.15) is 0 Å². The van der Waals surface area contributed by atoms with Crippen LogP contribution in [0, 0.1) is 17.2 Å². The van der Waals surface area contributed by atoms with Crippen molar-refractivity contribution in [3.8, 4) is 6.07 Å². The van der Waals surface area contributed by atoms with Gasteiger partial charge in [0.25, 0.3) is 5.91 Å². The number of halogens is 1. The fourth-order valence-corrected chi connectivity index (χ4v) is 4.96. The Bertz CT molecular complexity index is 1380. The Balaban J connectivity index is 1.53. The number of Topliss-reactive ketones (excluding diaryl/α,β-unsaturated/α-hetero) is 1. The van der Waals surface area contributed by atoms with Crippen molar-refractivity contribution in [1.82, 2.24) is 4.90 Å². The lowest BCUT2D eigenvalue weighted by molar-refractivity contribution is -0.132. The summed E-state index contributed by atoms with van der Waals surface area (Å²) < 4.78 is 0. The van der Waals surface area contributed by atoms with Gasteiger partial charge in [0.05, 0.1) is 23.2 Å². The molecule has 0 saturated carbocycles. The summed E-state index contributed by atoms with van der Waals surface area (Å²) in [6.07, 6.45) is 1.34. The van der Waals surface area contributed by atoms with E-state index in [2.05, 4.69) is 19.9 Å². The number of amides is 1. The molecule has 1 unspecified atom stereocenters. The molecular weight excluding hydrogens is 484 g/mol. The van der Waals surface area contributed by atoms with Crippen LogP contribution in [0.4, 0.5) is 0 Å². The summed E-state index contributed by atoms with van der Waals surface area (Å²) in [7, 11) is 0. The number of hydrogen-bond donors (Lipinski definition) is 1. The van der Waals surface area contributed by atoms with Crippen molar-refractivity contribution < 1.29 is 9.59 Å². The molecule has 0 saturated heterocycles. The Hall–Kier alpha value is -3.95. The van der Waals surface area contributed by atoms with Crippen LogP contribution in [0.25, 0.3) is 0 Å². The molecule has 0 radical (unpaired) electrons. The Kier molecular flexibility index (Phi) is 7.75. The van der Waals surface area contributed by atoms with Gasteiger partial charge < -0.3 is 5.73 Å². The topological polar surface area (TPSA) is 99.5 Å². The molecule has 3 aromatic rings. The van der Waals surface area contributed by atoms with Crippen molar-refractivity contribution in [2.24, 2.45) is 16.6 Å². The minimum atomic E-state index is -1.06. The number of nitriles is 1. The molecule has 1 atom stereocenters. The highest BCUT2D eigenvalue weighted by atomic mass is 35.5. The zero-order valence-corrected chi connectivity index (χ0v) is 21.7. The van der Waals surface area contributed by atoms with Crippen LogP contribution in [-0.2, 0) is 23.3 Å². The van der Waals surface area contributed by atoms with Crippen LogP contribution in [0.1, 0.15) is 59.3 Å². The van der Waals surface area contributed by atoms with Crippen molar-refractivity contribution in [1.29, 1.82) is 5.26 Å². The lowest BCUT2D eigenvalue weighted by Crippen LogP contribution is -2.43. The van der Waals surface area contributed by atoms with Crippen LogP contribution in [0.2, 0.25) is 5.02 Å². The molecular formula is C30H29ClN4O2. The number of hydrogen-bond acceptors (Lipinski definition) is 5. The predicted octanol–water partition coefficient (Wildman–Crippen LogP) is 5.63. The van der Waals surface area contributed by atoms with E-state index in [9.17, 15) is 9.59 Å². The van der Waals surface area contributed by atoms with Crippen molar-refractivity contribution in [2.75, 3.05) is 0 Å². The number of nitrogens with two attached hydrogens (primary N) is 1. The number of guanidine groups is 1. The molecule has 1 heterocycles. The van der Waals surface area contributed by atoms with E-state index in [-0.39, 0.29) is 36.5 Å². The fourth-order valence-electron chi connectivity index (χ4n) is 4.73. The van der Waals surface area contributed by atoms with Gasteiger partial charge in [0.15, 0.2) is 17.3 Å². The minimum Gasteiger partial charge on any atom is -0.369 e. The number of aliphatic imine (C=N–C) groups is 1. The van der Waals surface area contributed by atoms with Crippen molar-refractivity contribution in [3.05, 3.63) is 106 Å². The van der Waals surface area contributed by atoms with Gasteiger partial charge in [-0.05, 0) is 59.7 Å². The van der Waals surface area contributed by atoms with Crippen molar-refractivity contribution in [3.63, 3.8) is 0 Å². The Morgan fingerprint density at radius 3 is 2.41 bits per heavy atom. The van der Waals surface area contributed by atoms with Gasteiger partial charge in [-0.1, -0.05) is 74.0 Å². The molecule has 1 aliphatic heterocycles. The maximum Gasteiger partial charge on any atom is 0.262 e. The van der Waals surface area contributed by atoms with Crippen LogP contribution in [0.3, 0.4) is 0 Å². The van der Waals surface area contributed by atoms with Crippen LogP contribution < -0.4 is 5.73 Å². The van der Waals surface area contributed by atoms with Gasteiger partial charge in [-0.2, -0.15) is 5.26 Å². The zero-order valence-electron chi connectivity index (χ0n) is 20.9. The monoisotopic (exact) mass is 512 g/mol. The zero-order chi connectivity index (χ0) is 26.6. The number of nitrogens with zero attached hydrogens (tertiary/aromatic N) is 3. The summed E-state index contributed by atoms with van der Waals surface area (Å²) in [6, 6.07) is 24.0. The number of ketones is 1. The van der Waals surface area contributed by atoms with E-state index in [4.69, 9.17) is 27.6 Å². The maximum atomic E-state index is 13.8. The predicted molar refractivity (Wildman–Crippen MR) is 145 cm³/mol. The second kappa shape index (κ2) is 11.0. The van der Waals surface area contributed by atoms with E-state index in [1.807, 2.05) is 42.5 Å². The van der Waals surface area contributed by atoms with Crippen LogP contribution in [-0.4, -0.2) is 22.5 Å². The first-order chi connectivity index (χ1) is 17.7. The third-order valence-corrected chi connectivity index (χ3v) is 6.86. The summed E-state index contributed by atoms with van der Waals surface area (Å²) >= 11 is 6.38. The molecule has 188 valence electrons. The number of carbonyl (C=O) groups excluding carboxylic acids is 2. The average molecular weight is 513 g/mol. The third-order valence-electron chi connectivity index (χ3n) is 6.53. The lowest BCUT2D eigenvalue weighted by atomic mass is 9.82. The van der Waals surface area contributed by atoms with E-state index >= 15 is 0 Å². The molecule has 4 rings (SSSR count). The van der Waals surface area contributed by atoms with E-state index in [1.54, 1.807) is 30.3 Å². The van der Waals surface area contributed by atoms with Gasteiger partial charge in [-0.3, -0.25) is 14.5 Å². The van der Waals surface area contributed by atoms with Gasteiger partial charge in [-0.25, -0.2) is 4.99 Å². The second-order valence-corrected chi connectivity index (χ2v) is 10.1. The quantitative estimate of drug-likeness (QED) is 0.376. The smallest absolute Gasteiger partial charge is 0.262 e. The molecule has 1 amide bonds. The molecule has 1 aliphatic rings. The molecule has 0 spiro atoms. The highest BCUT2D eigenvalue weighted by Crippen LogP contribution is 2.39. The van der Waals surface area contributed by atoms with Crippen LogP contribution >= 0.6 is 11.6 Å². The molecule has 0 aliphatic carbocycles. The first-order valence-corrected chi connectivity index (χ1v) is 12.6. The highest BCUT2D eigenvalue weighted by molar-refractivity contribution is 6.34. The number of rotatable bonds is 9. The number of carbonyl (C=O) groups is 2. The molecule has 37 heavy (non-hydrogen) atoms. The van der Waals surface area contributed by atoms with Crippen LogP contribution in [0.15, 0.2) is 77.8 Å². The van der Waals surface area contributed by atoms with Crippen molar-refractivity contribution in [2.45, 2.75) is 45.2 Å². The normalized spacial score (nSPS) is 17.1. The number of benzene rings is 3. The van der Waals surface area contributed by atoms with E-state index < -0.39 is 5.54 Å². The largest absolute Gasteiger partial charge is 0.369 e. The number of aryl methyl sites for hydroxylation is 1. The van der Waals surface area contributed by atoms with Gasteiger partial charge in [0.2, 0.25) is 0 Å². The van der Waals surface area contributed by atoms with E-state index in [0.717, 1.165) is 16.7 Å². The van der Waals surface area contributed by atoms with E-state index in [0.29, 0.717) is 29.0 Å². The summed E-state index contributed by atoms with van der Waals surface area (Å²) in [5, 5.41) is 9.32. The minimum absolute atomic E-state index is 0.0935. The summed E-state index contributed by atoms with van der Waals surface area (Å²) in [4.78, 5) is 33.0. The second-order valence-electron chi connectivity index (χ2n) is 9.73.